The first kappa shape index (κ1) is 17.8. The summed E-state index contributed by atoms with van der Waals surface area (Å²) in [6.45, 7) is 6.03. The molecule has 3 heteroatoms. The zero-order valence-electron chi connectivity index (χ0n) is 14.1. The first-order valence-electron chi connectivity index (χ1n) is 8.57. The van der Waals surface area contributed by atoms with Crippen LogP contribution in [0.5, 0.6) is 0 Å². The summed E-state index contributed by atoms with van der Waals surface area (Å²) in [6.07, 6.45) is 11.0. The standard InChI is InChI=1S/C18H32N2O/c1-4-6-8-9-10-13-18(21)20(15-7-5-2)16-17-12-11-14-19(17)3/h11-12,14H,4-10,13,15-16H2,1-3H3. The molecule has 1 aromatic rings. The summed E-state index contributed by atoms with van der Waals surface area (Å²) in [6, 6.07) is 4.15. The van der Waals surface area contributed by atoms with Crippen molar-refractivity contribution in [2.24, 2.45) is 7.05 Å². The van der Waals surface area contributed by atoms with E-state index in [4.69, 9.17) is 0 Å². The van der Waals surface area contributed by atoms with Gasteiger partial charge in [0.1, 0.15) is 0 Å². The summed E-state index contributed by atoms with van der Waals surface area (Å²) < 4.78 is 2.10. The molecule has 0 spiro atoms. The van der Waals surface area contributed by atoms with Gasteiger partial charge in [-0.2, -0.15) is 0 Å². The Morgan fingerprint density at radius 1 is 1.10 bits per heavy atom. The third-order valence-electron chi connectivity index (χ3n) is 4.03. The summed E-state index contributed by atoms with van der Waals surface area (Å²) in [5, 5.41) is 0. The van der Waals surface area contributed by atoms with Crippen LogP contribution in [0.2, 0.25) is 0 Å². The number of aromatic nitrogens is 1. The maximum absolute atomic E-state index is 12.4. The molecule has 0 aliphatic rings. The molecule has 0 atom stereocenters. The third-order valence-corrected chi connectivity index (χ3v) is 4.03. The molecule has 0 fully saturated rings. The quantitative estimate of drug-likeness (QED) is 0.551. The number of carbonyl (C=O) groups is 1. The Kier molecular flexibility index (Phi) is 8.88. The molecule has 0 aromatic carbocycles. The van der Waals surface area contributed by atoms with Gasteiger partial charge < -0.3 is 9.47 Å². The van der Waals surface area contributed by atoms with E-state index in [9.17, 15) is 4.79 Å². The molecule has 0 unspecified atom stereocenters. The highest BCUT2D eigenvalue weighted by atomic mass is 16.2. The van der Waals surface area contributed by atoms with Crippen LogP contribution in [0.4, 0.5) is 0 Å². The monoisotopic (exact) mass is 292 g/mol. The Hall–Kier alpha value is -1.25. The topological polar surface area (TPSA) is 25.2 Å². The molecule has 0 radical (unpaired) electrons. The molecule has 1 rings (SSSR count). The van der Waals surface area contributed by atoms with E-state index in [1.165, 1.54) is 31.4 Å². The van der Waals surface area contributed by atoms with Crippen LogP contribution >= 0.6 is 0 Å². The van der Waals surface area contributed by atoms with E-state index in [1.54, 1.807) is 0 Å². The van der Waals surface area contributed by atoms with E-state index in [0.29, 0.717) is 12.3 Å². The highest BCUT2D eigenvalue weighted by Crippen LogP contribution is 2.11. The average molecular weight is 292 g/mol. The number of amides is 1. The summed E-state index contributed by atoms with van der Waals surface area (Å²) in [7, 11) is 2.04. The van der Waals surface area contributed by atoms with Gasteiger partial charge in [-0.3, -0.25) is 4.79 Å². The number of hydrogen-bond acceptors (Lipinski definition) is 1. The zero-order chi connectivity index (χ0) is 15.5. The van der Waals surface area contributed by atoms with Gasteiger partial charge in [0.15, 0.2) is 0 Å². The van der Waals surface area contributed by atoms with Crippen molar-refractivity contribution in [1.82, 2.24) is 9.47 Å². The maximum Gasteiger partial charge on any atom is 0.222 e. The minimum atomic E-state index is 0.321. The van der Waals surface area contributed by atoms with Crippen LogP contribution in [0.15, 0.2) is 18.3 Å². The minimum absolute atomic E-state index is 0.321. The van der Waals surface area contributed by atoms with Gasteiger partial charge in [0.2, 0.25) is 5.91 Å². The molecule has 0 saturated heterocycles. The van der Waals surface area contributed by atoms with Crippen LogP contribution in [-0.2, 0) is 18.4 Å². The normalized spacial score (nSPS) is 10.8. The largest absolute Gasteiger partial charge is 0.353 e. The Bertz CT molecular complexity index is 398. The Morgan fingerprint density at radius 2 is 1.81 bits per heavy atom. The molecule has 21 heavy (non-hydrogen) atoms. The number of aryl methyl sites for hydroxylation is 1. The van der Waals surface area contributed by atoms with Crippen LogP contribution in [0.3, 0.4) is 0 Å². The molecular formula is C18H32N2O. The number of carbonyl (C=O) groups excluding carboxylic acids is 1. The van der Waals surface area contributed by atoms with E-state index in [-0.39, 0.29) is 0 Å². The van der Waals surface area contributed by atoms with E-state index in [0.717, 1.165) is 32.4 Å². The Morgan fingerprint density at radius 3 is 2.43 bits per heavy atom. The van der Waals surface area contributed by atoms with Crippen molar-refractivity contribution < 1.29 is 4.79 Å². The lowest BCUT2D eigenvalue weighted by molar-refractivity contribution is -0.132. The van der Waals surface area contributed by atoms with Gasteiger partial charge in [-0.05, 0) is 25.0 Å². The van der Waals surface area contributed by atoms with Gasteiger partial charge >= 0.3 is 0 Å². The van der Waals surface area contributed by atoms with Crippen LogP contribution in [0.25, 0.3) is 0 Å². The molecule has 1 aromatic heterocycles. The number of hydrogen-bond donors (Lipinski definition) is 0. The average Bonchev–Trinajstić information content (AvgIpc) is 2.88. The second kappa shape index (κ2) is 10.5. The fourth-order valence-corrected chi connectivity index (χ4v) is 2.54. The van der Waals surface area contributed by atoms with Crippen molar-refractivity contribution in [3.8, 4) is 0 Å². The molecule has 0 aliphatic carbocycles. The molecule has 0 aliphatic heterocycles. The van der Waals surface area contributed by atoms with Crippen molar-refractivity contribution >= 4 is 5.91 Å². The van der Waals surface area contributed by atoms with Crippen molar-refractivity contribution in [2.75, 3.05) is 6.54 Å². The predicted molar refractivity (Wildman–Crippen MR) is 89.1 cm³/mol. The van der Waals surface area contributed by atoms with Crippen molar-refractivity contribution in [3.63, 3.8) is 0 Å². The van der Waals surface area contributed by atoms with Crippen LogP contribution in [-0.4, -0.2) is 21.9 Å². The molecule has 0 bridgehead atoms. The number of nitrogens with zero attached hydrogens (tertiary/aromatic N) is 2. The van der Waals surface area contributed by atoms with Crippen LogP contribution < -0.4 is 0 Å². The lowest BCUT2D eigenvalue weighted by Crippen LogP contribution is -2.32. The van der Waals surface area contributed by atoms with Gasteiger partial charge in [-0.15, -0.1) is 0 Å². The first-order chi connectivity index (χ1) is 10.2. The fourth-order valence-electron chi connectivity index (χ4n) is 2.54. The van der Waals surface area contributed by atoms with Gasteiger partial charge in [-0.1, -0.05) is 46.0 Å². The molecule has 0 saturated carbocycles. The summed E-state index contributed by atoms with van der Waals surface area (Å²) in [4.78, 5) is 14.5. The van der Waals surface area contributed by atoms with E-state index in [1.807, 2.05) is 24.2 Å². The lowest BCUT2D eigenvalue weighted by atomic mass is 10.1. The zero-order valence-corrected chi connectivity index (χ0v) is 14.1. The summed E-state index contributed by atoms with van der Waals surface area (Å²) in [5.41, 5.74) is 1.21. The van der Waals surface area contributed by atoms with Gasteiger partial charge in [0.25, 0.3) is 0 Å². The van der Waals surface area contributed by atoms with Gasteiger partial charge in [-0.25, -0.2) is 0 Å². The fraction of sp³-hybridized carbons (Fsp3) is 0.722. The molecule has 1 amide bonds. The summed E-state index contributed by atoms with van der Waals surface area (Å²) >= 11 is 0. The minimum Gasteiger partial charge on any atom is -0.353 e. The van der Waals surface area contributed by atoms with E-state index < -0.39 is 0 Å². The second-order valence-corrected chi connectivity index (χ2v) is 5.94. The van der Waals surface area contributed by atoms with E-state index >= 15 is 0 Å². The first-order valence-corrected chi connectivity index (χ1v) is 8.57. The van der Waals surface area contributed by atoms with Gasteiger partial charge in [0, 0.05) is 31.9 Å². The molecule has 0 N–H and O–H groups in total. The smallest absolute Gasteiger partial charge is 0.222 e. The molecular weight excluding hydrogens is 260 g/mol. The Labute approximate surface area is 130 Å². The second-order valence-electron chi connectivity index (χ2n) is 5.94. The van der Waals surface area contributed by atoms with Crippen molar-refractivity contribution in [1.29, 1.82) is 0 Å². The lowest BCUT2D eigenvalue weighted by Gasteiger charge is -2.23. The number of unbranched alkanes of at least 4 members (excludes halogenated alkanes) is 5. The third kappa shape index (κ3) is 6.83. The van der Waals surface area contributed by atoms with Gasteiger partial charge in [0.05, 0.1) is 6.54 Å². The Balaban J connectivity index is 2.44. The number of rotatable bonds is 11. The van der Waals surface area contributed by atoms with Crippen molar-refractivity contribution in [3.05, 3.63) is 24.0 Å². The van der Waals surface area contributed by atoms with E-state index in [2.05, 4.69) is 24.5 Å². The molecule has 3 nitrogen and oxygen atoms in total. The predicted octanol–water partition coefficient (Wildman–Crippen LogP) is 4.51. The van der Waals surface area contributed by atoms with Crippen LogP contribution in [0, 0.1) is 0 Å². The highest BCUT2D eigenvalue weighted by Gasteiger charge is 2.14. The SMILES string of the molecule is CCCCCCCC(=O)N(CCCC)Cc1cccn1C. The molecule has 1 heterocycles. The van der Waals surface area contributed by atoms with Crippen LogP contribution in [0.1, 0.15) is 70.9 Å². The van der Waals surface area contributed by atoms with Crippen molar-refractivity contribution in [2.45, 2.75) is 71.8 Å². The highest BCUT2D eigenvalue weighted by molar-refractivity contribution is 5.76. The summed E-state index contributed by atoms with van der Waals surface area (Å²) in [5.74, 6) is 0.321. The maximum atomic E-state index is 12.4. The molecule has 120 valence electrons.